The molecule has 0 radical (unpaired) electrons. The van der Waals surface area contributed by atoms with E-state index in [0.29, 0.717) is 23.7 Å². The highest BCUT2D eigenvalue weighted by Gasteiger charge is 2.32. The third-order valence-corrected chi connectivity index (χ3v) is 3.21. The van der Waals surface area contributed by atoms with Crippen LogP contribution in [0.3, 0.4) is 0 Å². The first-order valence-electron chi connectivity index (χ1n) is 5.74. The Labute approximate surface area is 110 Å². The highest BCUT2D eigenvalue weighted by Crippen LogP contribution is 2.23. The smallest absolute Gasteiger partial charge is 0.303 e. The van der Waals surface area contributed by atoms with Gasteiger partial charge in [0.05, 0.1) is 6.42 Å². The van der Waals surface area contributed by atoms with Gasteiger partial charge in [-0.1, -0.05) is 11.6 Å². The minimum absolute atomic E-state index is 0.0757. The first kappa shape index (κ1) is 12.9. The Morgan fingerprint density at radius 2 is 2.06 bits per heavy atom. The number of carboxylic acid groups (broad SMARTS) is 1. The summed E-state index contributed by atoms with van der Waals surface area (Å²) < 4.78 is 0. The van der Waals surface area contributed by atoms with Crippen LogP contribution < -0.4 is 0 Å². The minimum atomic E-state index is -0.814. The number of nitrogens with zero attached hydrogens (tertiary/aromatic N) is 1. The number of halogens is 1. The summed E-state index contributed by atoms with van der Waals surface area (Å²) >= 11 is 5.91. The van der Waals surface area contributed by atoms with Gasteiger partial charge in [-0.3, -0.25) is 9.59 Å². The average Bonchev–Trinajstić information content (AvgIpc) is 2.20. The third kappa shape index (κ3) is 2.82. The van der Waals surface area contributed by atoms with Crippen molar-refractivity contribution < 1.29 is 14.7 Å². The molecule has 1 heterocycles. The molecule has 0 bridgehead atoms. The van der Waals surface area contributed by atoms with Gasteiger partial charge >= 0.3 is 5.97 Å². The molecule has 1 amide bonds. The van der Waals surface area contributed by atoms with Crippen molar-refractivity contribution in [3.05, 3.63) is 34.3 Å². The monoisotopic (exact) mass is 267 g/mol. The van der Waals surface area contributed by atoms with Gasteiger partial charge in [-0.15, -0.1) is 0 Å². The van der Waals surface area contributed by atoms with Crippen LogP contribution >= 0.6 is 11.6 Å². The van der Waals surface area contributed by atoms with Crippen molar-refractivity contribution in [2.45, 2.75) is 13.3 Å². The lowest BCUT2D eigenvalue weighted by Gasteiger charge is -2.38. The Kier molecular flexibility index (Phi) is 3.57. The molecule has 5 heteroatoms. The van der Waals surface area contributed by atoms with E-state index in [-0.39, 0.29) is 18.2 Å². The molecule has 1 N–H and O–H groups in total. The van der Waals surface area contributed by atoms with E-state index in [9.17, 15) is 9.59 Å². The normalized spacial score (nSPS) is 15.3. The molecular weight excluding hydrogens is 254 g/mol. The fourth-order valence-electron chi connectivity index (χ4n) is 2.15. The van der Waals surface area contributed by atoms with Crippen LogP contribution in [-0.2, 0) is 4.79 Å². The zero-order chi connectivity index (χ0) is 13.3. The largest absolute Gasteiger partial charge is 0.481 e. The summed E-state index contributed by atoms with van der Waals surface area (Å²) in [6.45, 7) is 2.90. The maximum absolute atomic E-state index is 12.1. The maximum Gasteiger partial charge on any atom is 0.303 e. The molecule has 0 aromatic heterocycles. The van der Waals surface area contributed by atoms with Gasteiger partial charge in [-0.25, -0.2) is 0 Å². The van der Waals surface area contributed by atoms with Gasteiger partial charge in [-0.2, -0.15) is 0 Å². The predicted molar refractivity (Wildman–Crippen MR) is 67.8 cm³/mol. The second-order valence-corrected chi connectivity index (χ2v) is 5.13. The number of benzene rings is 1. The van der Waals surface area contributed by atoms with Crippen molar-refractivity contribution in [2.75, 3.05) is 13.1 Å². The van der Waals surface area contributed by atoms with Gasteiger partial charge in [-0.05, 0) is 30.7 Å². The molecule has 2 rings (SSSR count). The van der Waals surface area contributed by atoms with Gasteiger partial charge in [0.2, 0.25) is 0 Å². The van der Waals surface area contributed by atoms with E-state index < -0.39 is 5.97 Å². The number of aryl methyl sites for hydroxylation is 1. The molecule has 1 aliphatic rings. The van der Waals surface area contributed by atoms with Crippen LogP contribution in [-0.4, -0.2) is 35.0 Å². The van der Waals surface area contributed by atoms with Gasteiger partial charge in [0, 0.05) is 29.6 Å². The highest BCUT2D eigenvalue weighted by molar-refractivity contribution is 6.31. The Morgan fingerprint density at radius 3 is 2.61 bits per heavy atom. The van der Waals surface area contributed by atoms with Crippen molar-refractivity contribution in [3.63, 3.8) is 0 Å². The molecule has 1 saturated heterocycles. The van der Waals surface area contributed by atoms with E-state index in [2.05, 4.69) is 0 Å². The molecule has 0 atom stereocenters. The van der Waals surface area contributed by atoms with Crippen LogP contribution in [0.25, 0.3) is 0 Å². The summed E-state index contributed by atoms with van der Waals surface area (Å²) in [5.74, 6) is -0.820. The number of hydrogen-bond donors (Lipinski definition) is 1. The van der Waals surface area contributed by atoms with E-state index in [1.54, 1.807) is 23.1 Å². The number of aliphatic carboxylic acids is 1. The van der Waals surface area contributed by atoms with Crippen LogP contribution in [0.4, 0.5) is 0 Å². The Balaban J connectivity index is 1.99. The zero-order valence-corrected chi connectivity index (χ0v) is 10.8. The molecule has 4 nitrogen and oxygen atoms in total. The highest BCUT2D eigenvalue weighted by atomic mass is 35.5. The van der Waals surface area contributed by atoms with Crippen LogP contribution in [0.2, 0.25) is 5.02 Å². The second-order valence-electron chi connectivity index (χ2n) is 4.69. The fourth-order valence-corrected chi connectivity index (χ4v) is 2.44. The summed E-state index contributed by atoms with van der Waals surface area (Å²) in [6.07, 6.45) is 0.123. The molecule has 0 aliphatic carbocycles. The Morgan fingerprint density at radius 1 is 1.39 bits per heavy atom. The van der Waals surface area contributed by atoms with Crippen molar-refractivity contribution in [3.8, 4) is 0 Å². The van der Waals surface area contributed by atoms with E-state index in [1.165, 1.54) is 0 Å². The topological polar surface area (TPSA) is 57.6 Å². The van der Waals surface area contributed by atoms with E-state index in [4.69, 9.17) is 16.7 Å². The lowest BCUT2D eigenvalue weighted by molar-refractivity contribution is -0.139. The number of carbonyl (C=O) groups is 2. The quantitative estimate of drug-likeness (QED) is 0.913. The molecular formula is C13H14ClNO3. The predicted octanol–water partition coefficient (Wildman–Crippen LogP) is 2.20. The van der Waals surface area contributed by atoms with Crippen LogP contribution in [0.5, 0.6) is 0 Å². The van der Waals surface area contributed by atoms with E-state index in [1.807, 2.05) is 6.92 Å². The van der Waals surface area contributed by atoms with Crippen LogP contribution in [0.15, 0.2) is 18.2 Å². The molecule has 0 unspecified atom stereocenters. The molecule has 1 aromatic carbocycles. The lowest BCUT2D eigenvalue weighted by Crippen LogP contribution is -2.50. The van der Waals surface area contributed by atoms with Crippen molar-refractivity contribution in [2.24, 2.45) is 5.92 Å². The zero-order valence-electron chi connectivity index (χ0n) is 10.0. The molecule has 0 spiro atoms. The van der Waals surface area contributed by atoms with Gasteiger partial charge < -0.3 is 10.0 Å². The molecule has 96 valence electrons. The number of carbonyl (C=O) groups excluding carboxylic acids is 1. The first-order valence-corrected chi connectivity index (χ1v) is 6.12. The van der Waals surface area contributed by atoms with Crippen LogP contribution in [0.1, 0.15) is 22.3 Å². The number of hydrogen-bond acceptors (Lipinski definition) is 2. The number of amides is 1. The number of carboxylic acids is 1. The maximum atomic E-state index is 12.1. The minimum Gasteiger partial charge on any atom is -0.481 e. The van der Waals surface area contributed by atoms with Crippen molar-refractivity contribution >= 4 is 23.5 Å². The van der Waals surface area contributed by atoms with Gasteiger partial charge in [0.15, 0.2) is 0 Å². The third-order valence-electron chi connectivity index (χ3n) is 3.00. The standard InChI is InChI=1S/C13H14ClNO3/c1-8-2-10(5-11(14)3-8)13(18)15-6-9(7-15)4-12(16)17/h2-3,5,9H,4,6-7H2,1H3,(H,16,17). The Bertz CT molecular complexity index is 475. The summed E-state index contributed by atoms with van der Waals surface area (Å²) in [7, 11) is 0. The first-order chi connectivity index (χ1) is 8.45. The summed E-state index contributed by atoms with van der Waals surface area (Å²) in [6, 6.07) is 5.22. The lowest BCUT2D eigenvalue weighted by atomic mass is 9.95. The molecule has 1 aromatic rings. The molecule has 0 saturated carbocycles. The van der Waals surface area contributed by atoms with E-state index in [0.717, 1.165) is 5.56 Å². The van der Waals surface area contributed by atoms with E-state index >= 15 is 0 Å². The summed E-state index contributed by atoms with van der Waals surface area (Å²) in [4.78, 5) is 24.3. The summed E-state index contributed by atoms with van der Waals surface area (Å²) in [5, 5.41) is 9.19. The molecule has 18 heavy (non-hydrogen) atoms. The SMILES string of the molecule is Cc1cc(Cl)cc(C(=O)N2CC(CC(=O)O)C2)c1. The summed E-state index contributed by atoms with van der Waals surface area (Å²) in [5.41, 5.74) is 1.50. The number of likely N-dealkylation sites (tertiary alicyclic amines) is 1. The fraction of sp³-hybridized carbons (Fsp3) is 0.385. The molecule has 1 aliphatic heterocycles. The number of rotatable bonds is 3. The Hall–Kier alpha value is -1.55. The van der Waals surface area contributed by atoms with Gasteiger partial charge in [0.1, 0.15) is 0 Å². The van der Waals surface area contributed by atoms with Crippen molar-refractivity contribution in [1.29, 1.82) is 0 Å². The second kappa shape index (κ2) is 4.98. The van der Waals surface area contributed by atoms with Crippen LogP contribution in [0, 0.1) is 12.8 Å². The average molecular weight is 268 g/mol. The van der Waals surface area contributed by atoms with Crippen molar-refractivity contribution in [1.82, 2.24) is 4.90 Å². The van der Waals surface area contributed by atoms with Gasteiger partial charge in [0.25, 0.3) is 5.91 Å². The molecule has 1 fully saturated rings.